The maximum absolute atomic E-state index is 12.8. The quantitative estimate of drug-likeness (QED) is 0.808. The molecule has 1 saturated heterocycles. The summed E-state index contributed by atoms with van der Waals surface area (Å²) in [5.74, 6) is -0.814. The number of hydrogen-bond acceptors (Lipinski definition) is 3. The van der Waals surface area contributed by atoms with E-state index in [9.17, 15) is 18.3 Å². The number of carbonyl (C=O) groups is 1. The Labute approximate surface area is 127 Å². The molecule has 0 radical (unpaired) electrons. The molecule has 7 heteroatoms. The Morgan fingerprint density at radius 1 is 1.33 bits per heavy atom. The van der Waals surface area contributed by atoms with Crippen molar-refractivity contribution < 1.29 is 18.3 Å². The molecule has 1 aliphatic carbocycles. The van der Waals surface area contributed by atoms with Crippen molar-refractivity contribution in [1.82, 2.24) is 8.61 Å². The third-order valence-corrected chi connectivity index (χ3v) is 6.83. The zero-order valence-electron chi connectivity index (χ0n) is 12.9. The number of hydrogen-bond donors (Lipinski definition) is 1. The summed E-state index contributed by atoms with van der Waals surface area (Å²) in [7, 11) is -2.13. The van der Waals surface area contributed by atoms with Crippen LogP contribution in [0.4, 0.5) is 0 Å². The van der Waals surface area contributed by atoms with Crippen molar-refractivity contribution in [3.63, 3.8) is 0 Å². The van der Waals surface area contributed by atoms with E-state index >= 15 is 0 Å². The summed E-state index contributed by atoms with van der Waals surface area (Å²) in [6.45, 7) is 2.45. The minimum atomic E-state index is -3.69. The number of unbranched alkanes of at least 4 members (excludes halogenated alkanes) is 1. The molecule has 0 aromatic rings. The lowest BCUT2D eigenvalue weighted by molar-refractivity contribution is -0.141. The van der Waals surface area contributed by atoms with E-state index in [0.29, 0.717) is 13.0 Å². The first-order valence-electron chi connectivity index (χ1n) is 7.87. The Kier molecular flexibility index (Phi) is 5.27. The summed E-state index contributed by atoms with van der Waals surface area (Å²) in [6.07, 6.45) is 5.95. The fourth-order valence-electron chi connectivity index (χ4n) is 3.62. The first kappa shape index (κ1) is 16.7. The Balaban J connectivity index is 2.25. The maximum atomic E-state index is 12.8. The molecule has 2 aliphatic rings. The third kappa shape index (κ3) is 3.24. The molecular weight excluding hydrogens is 292 g/mol. The van der Waals surface area contributed by atoms with Gasteiger partial charge in [-0.25, -0.2) is 0 Å². The van der Waals surface area contributed by atoms with Crippen LogP contribution in [-0.2, 0) is 15.0 Å². The van der Waals surface area contributed by atoms with Crippen LogP contribution in [0.1, 0.15) is 51.9 Å². The third-order valence-electron chi connectivity index (χ3n) is 4.80. The van der Waals surface area contributed by atoms with Crippen LogP contribution in [-0.4, -0.2) is 53.8 Å². The zero-order valence-corrected chi connectivity index (χ0v) is 13.7. The highest BCUT2D eigenvalue weighted by Gasteiger charge is 2.51. The normalized spacial score (nSPS) is 30.5. The van der Waals surface area contributed by atoms with Crippen LogP contribution >= 0.6 is 0 Å². The van der Waals surface area contributed by atoms with Gasteiger partial charge in [-0.1, -0.05) is 26.2 Å². The van der Waals surface area contributed by atoms with Crippen LogP contribution in [0.25, 0.3) is 0 Å². The summed E-state index contributed by atoms with van der Waals surface area (Å²) < 4.78 is 28.2. The highest BCUT2D eigenvalue weighted by atomic mass is 32.2. The van der Waals surface area contributed by atoms with Gasteiger partial charge in [0.2, 0.25) is 0 Å². The van der Waals surface area contributed by atoms with Crippen LogP contribution in [0.3, 0.4) is 0 Å². The van der Waals surface area contributed by atoms with Crippen molar-refractivity contribution in [3.05, 3.63) is 0 Å². The summed E-state index contributed by atoms with van der Waals surface area (Å²) in [4.78, 5) is 11.5. The van der Waals surface area contributed by atoms with Gasteiger partial charge in [0.05, 0.1) is 0 Å². The minimum absolute atomic E-state index is 0.131. The zero-order chi connectivity index (χ0) is 15.6. The first-order valence-corrected chi connectivity index (χ1v) is 9.27. The largest absolute Gasteiger partial charge is 0.480 e. The van der Waals surface area contributed by atoms with E-state index in [0.717, 1.165) is 38.5 Å². The Morgan fingerprint density at radius 3 is 2.62 bits per heavy atom. The second-order valence-electron chi connectivity index (χ2n) is 6.21. The van der Waals surface area contributed by atoms with E-state index in [1.54, 1.807) is 7.05 Å². The summed E-state index contributed by atoms with van der Waals surface area (Å²) in [5.41, 5.74) is 0. The predicted molar refractivity (Wildman–Crippen MR) is 80.1 cm³/mol. The molecule has 1 saturated carbocycles. The average molecular weight is 318 g/mol. The van der Waals surface area contributed by atoms with Gasteiger partial charge in [-0.15, -0.1) is 0 Å². The molecule has 1 heterocycles. The van der Waals surface area contributed by atoms with E-state index in [2.05, 4.69) is 0 Å². The number of fused-ring (bicyclic) bond motifs is 1. The van der Waals surface area contributed by atoms with Crippen LogP contribution in [0, 0.1) is 5.92 Å². The van der Waals surface area contributed by atoms with Crippen LogP contribution in [0.5, 0.6) is 0 Å². The molecule has 1 N–H and O–H groups in total. The molecule has 2 rings (SSSR count). The van der Waals surface area contributed by atoms with E-state index in [4.69, 9.17) is 0 Å². The van der Waals surface area contributed by atoms with Gasteiger partial charge in [0.15, 0.2) is 0 Å². The maximum Gasteiger partial charge on any atom is 0.322 e. The van der Waals surface area contributed by atoms with Gasteiger partial charge in [-0.3, -0.25) is 4.79 Å². The van der Waals surface area contributed by atoms with Crippen molar-refractivity contribution in [3.8, 4) is 0 Å². The average Bonchev–Trinajstić information content (AvgIpc) is 2.84. The standard InChI is InChI=1S/C14H26N2O4S/c1-3-4-9-15(2)21(19,20)16-12-8-6-5-7-11(12)10-13(16)14(17)18/h11-13H,3-10H2,1-2H3,(H,17,18). The molecule has 0 spiro atoms. The van der Waals surface area contributed by atoms with Crippen LogP contribution < -0.4 is 0 Å². The number of carboxylic acids is 1. The predicted octanol–water partition coefficient (Wildman–Crippen LogP) is 1.68. The highest BCUT2D eigenvalue weighted by molar-refractivity contribution is 7.86. The minimum Gasteiger partial charge on any atom is -0.480 e. The van der Waals surface area contributed by atoms with Crippen LogP contribution in [0.2, 0.25) is 0 Å². The smallest absolute Gasteiger partial charge is 0.322 e. The molecule has 0 bridgehead atoms. The van der Waals surface area contributed by atoms with E-state index < -0.39 is 22.2 Å². The molecule has 122 valence electrons. The molecule has 21 heavy (non-hydrogen) atoms. The molecular formula is C14H26N2O4S. The second-order valence-corrected chi connectivity index (χ2v) is 8.16. The van der Waals surface area contributed by atoms with Crippen molar-refractivity contribution in [1.29, 1.82) is 0 Å². The molecule has 3 unspecified atom stereocenters. The van der Waals surface area contributed by atoms with Crippen molar-refractivity contribution in [2.24, 2.45) is 5.92 Å². The molecule has 3 atom stereocenters. The number of nitrogens with zero attached hydrogens (tertiary/aromatic N) is 2. The van der Waals surface area contributed by atoms with Crippen molar-refractivity contribution in [2.45, 2.75) is 64.0 Å². The topological polar surface area (TPSA) is 77.9 Å². The molecule has 0 amide bonds. The van der Waals surface area contributed by atoms with Gasteiger partial charge in [-0.05, 0) is 31.6 Å². The number of carboxylic acid groups (broad SMARTS) is 1. The van der Waals surface area contributed by atoms with Crippen molar-refractivity contribution >= 4 is 16.2 Å². The Hall–Kier alpha value is -0.660. The van der Waals surface area contributed by atoms with Gasteiger partial charge in [0, 0.05) is 19.6 Å². The summed E-state index contributed by atoms with van der Waals surface area (Å²) in [6, 6.07) is -1.03. The SMILES string of the molecule is CCCCN(C)S(=O)(=O)N1C(C(=O)O)CC2CCCCC21. The molecule has 0 aromatic heterocycles. The fraction of sp³-hybridized carbons (Fsp3) is 0.929. The number of rotatable bonds is 6. The molecule has 6 nitrogen and oxygen atoms in total. The Bertz CT molecular complexity index is 479. The summed E-state index contributed by atoms with van der Waals surface area (Å²) in [5, 5.41) is 9.43. The van der Waals surface area contributed by atoms with Gasteiger partial charge in [-0.2, -0.15) is 17.0 Å². The van der Waals surface area contributed by atoms with Crippen LogP contribution in [0.15, 0.2) is 0 Å². The lowest BCUT2D eigenvalue weighted by Gasteiger charge is -2.34. The monoisotopic (exact) mass is 318 g/mol. The van der Waals surface area contributed by atoms with E-state index in [-0.39, 0.29) is 12.0 Å². The number of aliphatic carboxylic acids is 1. The molecule has 2 fully saturated rings. The molecule has 0 aromatic carbocycles. The lowest BCUT2D eigenvalue weighted by atomic mass is 9.85. The van der Waals surface area contributed by atoms with E-state index in [1.165, 1.54) is 8.61 Å². The lowest BCUT2D eigenvalue weighted by Crippen LogP contribution is -2.51. The first-order chi connectivity index (χ1) is 9.89. The van der Waals surface area contributed by atoms with Gasteiger partial charge in [0.1, 0.15) is 6.04 Å². The van der Waals surface area contributed by atoms with Gasteiger partial charge >= 0.3 is 5.97 Å². The molecule has 1 aliphatic heterocycles. The highest BCUT2D eigenvalue weighted by Crippen LogP contribution is 2.41. The fourth-order valence-corrected chi connectivity index (χ4v) is 5.42. The van der Waals surface area contributed by atoms with Crippen molar-refractivity contribution in [2.75, 3.05) is 13.6 Å². The van der Waals surface area contributed by atoms with E-state index in [1.807, 2.05) is 6.92 Å². The Morgan fingerprint density at radius 2 is 2.00 bits per heavy atom. The van der Waals surface area contributed by atoms with Gasteiger partial charge < -0.3 is 5.11 Å². The summed E-state index contributed by atoms with van der Waals surface area (Å²) >= 11 is 0. The second kappa shape index (κ2) is 6.62. The van der Waals surface area contributed by atoms with Gasteiger partial charge in [0.25, 0.3) is 10.2 Å².